The highest BCUT2D eigenvalue weighted by molar-refractivity contribution is 7.99. The Labute approximate surface area is 116 Å². The first-order chi connectivity index (χ1) is 9.33. The van der Waals surface area contributed by atoms with E-state index in [0.717, 1.165) is 41.7 Å². The van der Waals surface area contributed by atoms with Gasteiger partial charge >= 0.3 is 0 Å². The number of nitrogens with zero attached hydrogens (tertiary/aromatic N) is 1. The van der Waals surface area contributed by atoms with E-state index in [4.69, 9.17) is 9.47 Å². The van der Waals surface area contributed by atoms with Gasteiger partial charge in [-0.3, -0.25) is 4.79 Å². The fraction of sp³-hybridized carbons (Fsp3) is 0.357. The Morgan fingerprint density at radius 2 is 2.00 bits per heavy atom. The Balaban J connectivity index is 1.66. The van der Waals surface area contributed by atoms with E-state index in [0.29, 0.717) is 0 Å². The lowest BCUT2D eigenvalue weighted by molar-refractivity contribution is -0.125. The maximum atomic E-state index is 12.0. The molecule has 3 rings (SSSR count). The van der Waals surface area contributed by atoms with E-state index in [-0.39, 0.29) is 12.7 Å². The molecule has 5 heteroatoms. The highest BCUT2D eigenvalue weighted by Crippen LogP contribution is 2.32. The lowest BCUT2D eigenvalue weighted by Gasteiger charge is -2.25. The first-order valence-electron chi connectivity index (χ1n) is 6.27. The number of benzene rings is 1. The van der Waals surface area contributed by atoms with Crippen LogP contribution in [0.4, 0.5) is 0 Å². The van der Waals surface area contributed by atoms with E-state index in [1.54, 1.807) is 6.08 Å². The van der Waals surface area contributed by atoms with Gasteiger partial charge in [-0.2, -0.15) is 11.8 Å². The highest BCUT2D eigenvalue weighted by atomic mass is 32.2. The molecule has 19 heavy (non-hydrogen) atoms. The molecular formula is C14H15NO3S. The summed E-state index contributed by atoms with van der Waals surface area (Å²) in [6.45, 7) is 1.96. The van der Waals surface area contributed by atoms with Crippen molar-refractivity contribution in [3.63, 3.8) is 0 Å². The molecule has 1 aromatic carbocycles. The molecule has 0 N–H and O–H groups in total. The number of carbonyl (C=O) groups is 1. The molecule has 0 unspecified atom stereocenters. The van der Waals surface area contributed by atoms with E-state index in [9.17, 15) is 4.79 Å². The van der Waals surface area contributed by atoms with E-state index < -0.39 is 0 Å². The molecule has 0 radical (unpaired) electrons. The van der Waals surface area contributed by atoms with Crippen molar-refractivity contribution < 1.29 is 14.3 Å². The summed E-state index contributed by atoms with van der Waals surface area (Å²) < 4.78 is 10.6. The van der Waals surface area contributed by atoms with Crippen molar-refractivity contribution in [2.24, 2.45) is 0 Å². The summed E-state index contributed by atoms with van der Waals surface area (Å²) in [5, 5.41) is 0. The molecule has 0 aliphatic carbocycles. The van der Waals surface area contributed by atoms with Gasteiger partial charge in [0.1, 0.15) is 0 Å². The average Bonchev–Trinajstić information content (AvgIpc) is 2.93. The highest BCUT2D eigenvalue weighted by Gasteiger charge is 2.15. The van der Waals surface area contributed by atoms with Crippen LogP contribution in [0, 0.1) is 0 Å². The molecule has 4 nitrogen and oxygen atoms in total. The molecule has 2 aliphatic heterocycles. The minimum absolute atomic E-state index is 0.0815. The Kier molecular flexibility index (Phi) is 3.64. The van der Waals surface area contributed by atoms with Gasteiger partial charge in [0.15, 0.2) is 11.5 Å². The van der Waals surface area contributed by atoms with Crippen LogP contribution in [0.15, 0.2) is 24.3 Å². The summed E-state index contributed by atoms with van der Waals surface area (Å²) in [5.74, 6) is 3.64. The minimum Gasteiger partial charge on any atom is -0.454 e. The van der Waals surface area contributed by atoms with Gasteiger partial charge in [0, 0.05) is 30.7 Å². The number of thioether (sulfide) groups is 1. The molecule has 1 saturated heterocycles. The monoisotopic (exact) mass is 277 g/mol. The van der Waals surface area contributed by atoms with Gasteiger partial charge < -0.3 is 14.4 Å². The normalized spacial score (nSPS) is 18.0. The molecule has 0 saturated carbocycles. The molecule has 2 aliphatic rings. The number of amides is 1. The molecule has 1 fully saturated rings. The van der Waals surface area contributed by atoms with Crippen molar-refractivity contribution in [2.45, 2.75) is 0 Å². The average molecular weight is 277 g/mol. The summed E-state index contributed by atoms with van der Waals surface area (Å²) in [6, 6.07) is 5.67. The number of carbonyl (C=O) groups excluding carboxylic acids is 1. The van der Waals surface area contributed by atoms with Gasteiger partial charge in [-0.25, -0.2) is 0 Å². The molecular weight excluding hydrogens is 262 g/mol. The number of hydrogen-bond donors (Lipinski definition) is 0. The zero-order valence-corrected chi connectivity index (χ0v) is 11.3. The minimum atomic E-state index is 0.0815. The second kappa shape index (κ2) is 5.57. The fourth-order valence-corrected chi connectivity index (χ4v) is 2.98. The largest absolute Gasteiger partial charge is 0.454 e. The van der Waals surface area contributed by atoms with E-state index in [1.807, 2.05) is 40.9 Å². The quantitative estimate of drug-likeness (QED) is 0.775. The Hall–Kier alpha value is -1.62. The molecule has 0 bridgehead atoms. The molecule has 1 amide bonds. The number of fused-ring (bicyclic) bond motifs is 1. The zero-order chi connectivity index (χ0) is 13.1. The molecule has 0 aromatic heterocycles. The summed E-state index contributed by atoms with van der Waals surface area (Å²) in [5.41, 5.74) is 0.948. The Morgan fingerprint density at radius 3 is 2.84 bits per heavy atom. The third-order valence-corrected chi connectivity index (χ3v) is 4.08. The Morgan fingerprint density at radius 1 is 1.21 bits per heavy atom. The van der Waals surface area contributed by atoms with E-state index in [2.05, 4.69) is 0 Å². The summed E-state index contributed by atoms with van der Waals surface area (Å²) in [4.78, 5) is 13.9. The maximum Gasteiger partial charge on any atom is 0.246 e. The van der Waals surface area contributed by atoms with Crippen molar-refractivity contribution in [1.29, 1.82) is 0 Å². The van der Waals surface area contributed by atoms with Crippen molar-refractivity contribution >= 4 is 23.7 Å². The van der Waals surface area contributed by atoms with Crippen LogP contribution < -0.4 is 9.47 Å². The van der Waals surface area contributed by atoms with Crippen LogP contribution in [-0.4, -0.2) is 42.2 Å². The van der Waals surface area contributed by atoms with Gasteiger partial charge in [-0.1, -0.05) is 6.07 Å². The zero-order valence-electron chi connectivity index (χ0n) is 10.5. The van der Waals surface area contributed by atoms with Crippen LogP contribution >= 0.6 is 11.8 Å². The van der Waals surface area contributed by atoms with Crippen molar-refractivity contribution in [1.82, 2.24) is 4.90 Å². The third-order valence-electron chi connectivity index (χ3n) is 3.14. The molecule has 0 atom stereocenters. The second-order valence-corrected chi connectivity index (χ2v) is 5.61. The van der Waals surface area contributed by atoms with Crippen molar-refractivity contribution in [2.75, 3.05) is 31.4 Å². The number of hydrogen-bond acceptors (Lipinski definition) is 4. The maximum absolute atomic E-state index is 12.0. The first-order valence-corrected chi connectivity index (χ1v) is 7.43. The van der Waals surface area contributed by atoms with Gasteiger partial charge in [-0.15, -0.1) is 0 Å². The van der Waals surface area contributed by atoms with Crippen LogP contribution in [0.5, 0.6) is 11.5 Å². The van der Waals surface area contributed by atoms with Crippen LogP contribution in [0.3, 0.4) is 0 Å². The third kappa shape index (κ3) is 2.87. The molecule has 100 valence electrons. The lowest BCUT2D eigenvalue weighted by atomic mass is 10.2. The predicted octanol–water partition coefficient (Wildman–Crippen LogP) is 2.00. The van der Waals surface area contributed by atoms with E-state index in [1.165, 1.54) is 0 Å². The lowest BCUT2D eigenvalue weighted by Crippen LogP contribution is -2.36. The predicted molar refractivity (Wildman–Crippen MR) is 75.5 cm³/mol. The molecule has 0 spiro atoms. The van der Waals surface area contributed by atoms with Gasteiger partial charge in [0.25, 0.3) is 0 Å². The van der Waals surface area contributed by atoms with Crippen LogP contribution in [0.2, 0.25) is 0 Å². The molecule has 1 aromatic rings. The first kappa shape index (κ1) is 12.4. The summed E-state index contributed by atoms with van der Waals surface area (Å²) >= 11 is 1.90. The number of ether oxygens (including phenoxy) is 2. The second-order valence-electron chi connectivity index (χ2n) is 4.38. The van der Waals surface area contributed by atoms with Gasteiger partial charge in [0.05, 0.1) is 0 Å². The van der Waals surface area contributed by atoms with Crippen LogP contribution in [0.25, 0.3) is 6.08 Å². The standard InChI is InChI=1S/C14H15NO3S/c16-14(15-5-7-19-8-6-15)4-2-11-1-3-12-13(9-11)18-10-17-12/h1-4,9H,5-8,10H2/b4-2+. The summed E-state index contributed by atoms with van der Waals surface area (Å²) in [6.07, 6.45) is 3.46. The number of rotatable bonds is 2. The topological polar surface area (TPSA) is 38.8 Å². The SMILES string of the molecule is O=C(/C=C/c1ccc2c(c1)OCO2)N1CCSCC1. The summed E-state index contributed by atoms with van der Waals surface area (Å²) in [7, 11) is 0. The Bertz CT molecular complexity index is 509. The van der Waals surface area contributed by atoms with E-state index >= 15 is 0 Å². The fourth-order valence-electron chi connectivity index (χ4n) is 2.07. The van der Waals surface area contributed by atoms with Crippen molar-refractivity contribution in [3.8, 4) is 11.5 Å². The van der Waals surface area contributed by atoms with Crippen LogP contribution in [0.1, 0.15) is 5.56 Å². The smallest absolute Gasteiger partial charge is 0.246 e. The van der Waals surface area contributed by atoms with Crippen molar-refractivity contribution in [3.05, 3.63) is 29.8 Å². The van der Waals surface area contributed by atoms with Gasteiger partial charge in [-0.05, 0) is 23.8 Å². The van der Waals surface area contributed by atoms with Gasteiger partial charge in [0.2, 0.25) is 12.7 Å². The van der Waals surface area contributed by atoms with Crippen LogP contribution in [-0.2, 0) is 4.79 Å². The molecule has 2 heterocycles.